The monoisotopic (exact) mass is 502 g/mol. The second kappa shape index (κ2) is 10.4. The SMILES string of the molecule is COc1ccc(OC)c([C@@H](C)NC(=O)c2ccc(Cl)c(S(=O)(=O)Nc3cccc(C)c3C)c2)c1. The van der Waals surface area contributed by atoms with Crippen molar-refractivity contribution < 1.29 is 22.7 Å². The summed E-state index contributed by atoms with van der Waals surface area (Å²) in [7, 11) is -0.945. The van der Waals surface area contributed by atoms with Gasteiger partial charge >= 0.3 is 0 Å². The van der Waals surface area contributed by atoms with Gasteiger partial charge in [0.05, 0.1) is 31.0 Å². The number of nitrogens with one attached hydrogen (secondary N) is 2. The predicted molar refractivity (Wildman–Crippen MR) is 134 cm³/mol. The molecule has 7 nitrogen and oxygen atoms in total. The minimum Gasteiger partial charge on any atom is -0.497 e. The first kappa shape index (κ1) is 25.4. The van der Waals surface area contributed by atoms with E-state index in [2.05, 4.69) is 10.0 Å². The largest absolute Gasteiger partial charge is 0.497 e. The first-order chi connectivity index (χ1) is 16.1. The van der Waals surface area contributed by atoms with Crippen molar-refractivity contribution in [2.24, 2.45) is 0 Å². The van der Waals surface area contributed by atoms with E-state index in [1.54, 1.807) is 51.5 Å². The van der Waals surface area contributed by atoms with Crippen LogP contribution < -0.4 is 19.5 Å². The van der Waals surface area contributed by atoms with Crippen molar-refractivity contribution in [3.63, 3.8) is 0 Å². The van der Waals surface area contributed by atoms with Crippen LogP contribution in [-0.2, 0) is 10.0 Å². The quantitative estimate of drug-likeness (QED) is 0.438. The Balaban J connectivity index is 1.88. The van der Waals surface area contributed by atoms with E-state index in [-0.39, 0.29) is 15.5 Å². The van der Waals surface area contributed by atoms with Gasteiger partial charge in [0.25, 0.3) is 15.9 Å². The molecule has 1 atom stereocenters. The molecule has 0 aromatic heterocycles. The zero-order chi connectivity index (χ0) is 25.0. The highest BCUT2D eigenvalue weighted by Crippen LogP contribution is 2.30. The number of aryl methyl sites for hydroxylation is 1. The number of hydrogen-bond donors (Lipinski definition) is 2. The summed E-state index contributed by atoms with van der Waals surface area (Å²) in [4.78, 5) is 12.8. The zero-order valence-electron chi connectivity index (χ0n) is 19.6. The second-order valence-corrected chi connectivity index (χ2v) is 9.86. The summed E-state index contributed by atoms with van der Waals surface area (Å²) in [6.45, 7) is 5.52. The molecule has 180 valence electrons. The standard InChI is InChI=1S/C25H27ClN2O5S/c1-15-7-6-8-22(16(15)2)28-34(30,31)24-13-18(9-11-21(24)26)25(29)27-17(3)20-14-19(32-4)10-12-23(20)33-5/h6-14,17,28H,1-5H3,(H,27,29)/t17-/m1/s1. The van der Waals surface area contributed by atoms with Crippen LogP contribution in [0.5, 0.6) is 11.5 Å². The van der Waals surface area contributed by atoms with Crippen molar-refractivity contribution in [3.05, 3.63) is 81.9 Å². The van der Waals surface area contributed by atoms with Crippen molar-refractivity contribution in [3.8, 4) is 11.5 Å². The van der Waals surface area contributed by atoms with Gasteiger partial charge in [0.15, 0.2) is 0 Å². The van der Waals surface area contributed by atoms with Gasteiger partial charge in [-0.25, -0.2) is 8.42 Å². The molecule has 0 spiro atoms. The predicted octanol–water partition coefficient (Wildman–Crippen LogP) is 5.27. The smallest absolute Gasteiger partial charge is 0.263 e. The number of benzene rings is 3. The summed E-state index contributed by atoms with van der Waals surface area (Å²) in [5, 5.41) is 2.88. The maximum absolute atomic E-state index is 13.1. The Morgan fingerprint density at radius 3 is 2.41 bits per heavy atom. The van der Waals surface area contributed by atoms with Crippen LogP contribution in [-0.4, -0.2) is 28.5 Å². The summed E-state index contributed by atoms with van der Waals surface area (Å²) < 4.78 is 39.4. The van der Waals surface area contributed by atoms with Gasteiger partial charge in [-0.1, -0.05) is 23.7 Å². The zero-order valence-corrected chi connectivity index (χ0v) is 21.2. The number of halogens is 1. The number of hydrogen-bond acceptors (Lipinski definition) is 5. The fraction of sp³-hybridized carbons (Fsp3) is 0.240. The molecule has 0 bridgehead atoms. The van der Waals surface area contributed by atoms with Gasteiger partial charge in [0.2, 0.25) is 0 Å². The number of ether oxygens (including phenoxy) is 2. The minimum absolute atomic E-state index is 0.0110. The fourth-order valence-electron chi connectivity index (χ4n) is 3.45. The Morgan fingerprint density at radius 2 is 1.74 bits per heavy atom. The molecule has 0 saturated heterocycles. The van der Waals surface area contributed by atoms with Crippen LogP contribution >= 0.6 is 11.6 Å². The van der Waals surface area contributed by atoms with Crippen LogP contribution in [0.1, 0.15) is 40.0 Å². The van der Waals surface area contributed by atoms with Gasteiger partial charge in [0.1, 0.15) is 16.4 Å². The lowest BCUT2D eigenvalue weighted by molar-refractivity contribution is 0.0939. The minimum atomic E-state index is -4.04. The highest BCUT2D eigenvalue weighted by molar-refractivity contribution is 7.92. The lowest BCUT2D eigenvalue weighted by Crippen LogP contribution is -2.27. The Morgan fingerprint density at radius 1 is 1.00 bits per heavy atom. The summed E-state index contributed by atoms with van der Waals surface area (Å²) in [5.41, 5.74) is 3.07. The molecule has 0 aliphatic heterocycles. The van der Waals surface area contributed by atoms with E-state index >= 15 is 0 Å². The summed E-state index contributed by atoms with van der Waals surface area (Å²) in [5.74, 6) is 0.747. The molecule has 0 saturated carbocycles. The van der Waals surface area contributed by atoms with Crippen LogP contribution in [0.25, 0.3) is 0 Å². The number of anilines is 1. The van der Waals surface area contributed by atoms with E-state index in [9.17, 15) is 13.2 Å². The van der Waals surface area contributed by atoms with Crippen LogP contribution in [0, 0.1) is 13.8 Å². The number of carbonyl (C=O) groups is 1. The topological polar surface area (TPSA) is 93.7 Å². The maximum Gasteiger partial charge on any atom is 0.263 e. The van der Waals surface area contributed by atoms with Crippen LogP contribution in [0.4, 0.5) is 5.69 Å². The highest BCUT2D eigenvalue weighted by atomic mass is 35.5. The molecule has 2 N–H and O–H groups in total. The number of methoxy groups -OCH3 is 2. The molecule has 0 heterocycles. The summed E-state index contributed by atoms with van der Waals surface area (Å²) >= 11 is 6.22. The molecule has 0 radical (unpaired) electrons. The van der Waals surface area contributed by atoms with Crippen LogP contribution in [0.15, 0.2) is 59.5 Å². The lowest BCUT2D eigenvalue weighted by atomic mass is 10.1. The normalized spacial score (nSPS) is 12.1. The van der Waals surface area contributed by atoms with Crippen molar-refractivity contribution in [2.75, 3.05) is 18.9 Å². The van der Waals surface area contributed by atoms with Crippen molar-refractivity contribution in [1.29, 1.82) is 0 Å². The van der Waals surface area contributed by atoms with E-state index in [1.165, 1.54) is 18.2 Å². The lowest BCUT2D eigenvalue weighted by Gasteiger charge is -2.19. The van der Waals surface area contributed by atoms with Gasteiger partial charge in [-0.15, -0.1) is 0 Å². The van der Waals surface area contributed by atoms with E-state index in [1.807, 2.05) is 19.9 Å². The molecular formula is C25H27ClN2O5S. The summed E-state index contributed by atoms with van der Waals surface area (Å²) in [6.07, 6.45) is 0. The first-order valence-electron chi connectivity index (χ1n) is 10.5. The van der Waals surface area contributed by atoms with Gasteiger partial charge in [-0.3, -0.25) is 9.52 Å². The van der Waals surface area contributed by atoms with Crippen molar-refractivity contribution in [2.45, 2.75) is 31.7 Å². The number of carbonyl (C=O) groups excluding carboxylic acids is 1. The van der Waals surface area contributed by atoms with Gasteiger partial charge in [0, 0.05) is 11.1 Å². The molecule has 0 aliphatic rings. The average molecular weight is 503 g/mol. The average Bonchev–Trinajstić information content (AvgIpc) is 2.81. The van der Waals surface area contributed by atoms with Crippen molar-refractivity contribution >= 4 is 33.2 Å². The van der Waals surface area contributed by atoms with E-state index < -0.39 is 22.0 Å². The maximum atomic E-state index is 13.1. The number of sulfonamides is 1. The van der Waals surface area contributed by atoms with Gasteiger partial charge < -0.3 is 14.8 Å². The van der Waals surface area contributed by atoms with Crippen LogP contribution in [0.3, 0.4) is 0 Å². The summed E-state index contributed by atoms with van der Waals surface area (Å²) in [6, 6.07) is 14.3. The van der Waals surface area contributed by atoms with E-state index in [4.69, 9.17) is 21.1 Å². The van der Waals surface area contributed by atoms with Crippen LogP contribution in [0.2, 0.25) is 5.02 Å². The third-order valence-electron chi connectivity index (χ3n) is 5.58. The Kier molecular flexibility index (Phi) is 7.74. The van der Waals surface area contributed by atoms with Gasteiger partial charge in [-0.2, -0.15) is 0 Å². The molecule has 0 unspecified atom stereocenters. The Bertz CT molecular complexity index is 1320. The molecule has 3 aromatic carbocycles. The molecule has 1 amide bonds. The Labute approximate surface area is 205 Å². The third-order valence-corrected chi connectivity index (χ3v) is 7.43. The third kappa shape index (κ3) is 5.46. The highest BCUT2D eigenvalue weighted by Gasteiger charge is 2.23. The molecule has 0 fully saturated rings. The van der Waals surface area contributed by atoms with E-state index in [0.717, 1.165) is 11.1 Å². The van der Waals surface area contributed by atoms with Crippen molar-refractivity contribution in [1.82, 2.24) is 5.32 Å². The molecule has 3 aromatic rings. The molecular weight excluding hydrogens is 476 g/mol. The number of rotatable bonds is 8. The first-order valence-corrected chi connectivity index (χ1v) is 12.3. The molecule has 9 heteroatoms. The molecule has 0 aliphatic carbocycles. The van der Waals surface area contributed by atoms with Gasteiger partial charge in [-0.05, 0) is 74.4 Å². The molecule has 3 rings (SSSR count). The van der Waals surface area contributed by atoms with E-state index in [0.29, 0.717) is 22.7 Å². The molecule has 34 heavy (non-hydrogen) atoms. The second-order valence-electron chi connectivity index (χ2n) is 7.80. The Hall–Kier alpha value is -3.23. The number of amides is 1. The fourth-order valence-corrected chi connectivity index (χ4v) is 5.10.